The van der Waals surface area contributed by atoms with Crippen molar-refractivity contribution >= 4 is 5.69 Å². The van der Waals surface area contributed by atoms with E-state index in [0.29, 0.717) is 22.5 Å². The van der Waals surface area contributed by atoms with Gasteiger partial charge in [-0.2, -0.15) is 0 Å². The maximum Gasteiger partial charge on any atom is 0.276 e. The van der Waals surface area contributed by atoms with Crippen molar-refractivity contribution < 1.29 is 13.2 Å². The van der Waals surface area contributed by atoms with Crippen LogP contribution in [0.1, 0.15) is 5.56 Å². The lowest BCUT2D eigenvalue weighted by Gasteiger charge is -2.17. The Morgan fingerprint density at radius 1 is 1.00 bits per heavy atom. The van der Waals surface area contributed by atoms with Crippen molar-refractivity contribution in [2.24, 2.45) is 0 Å². The van der Waals surface area contributed by atoms with Crippen LogP contribution in [0.5, 0.6) is 0 Å². The van der Waals surface area contributed by atoms with Gasteiger partial charge in [0.05, 0.1) is 11.3 Å². The molecule has 1 aliphatic heterocycles. The number of nitrogens with zero attached hydrogens (tertiary/aromatic N) is 1. The van der Waals surface area contributed by atoms with Crippen LogP contribution in [0.3, 0.4) is 0 Å². The molecule has 1 aliphatic rings. The van der Waals surface area contributed by atoms with Crippen LogP contribution >= 0.6 is 0 Å². The first kappa shape index (κ1) is 13.7. The van der Waals surface area contributed by atoms with Gasteiger partial charge in [0.1, 0.15) is 11.5 Å². The SMILES string of the molecule is O=c1c2c([nH]n1-c1ccccc1F)-c1cc(F)c(F)cc1NC2. The van der Waals surface area contributed by atoms with Crippen LogP contribution in [0, 0.1) is 17.5 Å². The van der Waals surface area contributed by atoms with Crippen molar-refractivity contribution in [3.8, 4) is 16.9 Å². The second-order valence-electron chi connectivity index (χ2n) is 5.22. The van der Waals surface area contributed by atoms with Crippen LogP contribution in [-0.2, 0) is 6.54 Å². The number of hydrogen-bond acceptors (Lipinski definition) is 2. The van der Waals surface area contributed by atoms with Gasteiger partial charge in [-0.1, -0.05) is 12.1 Å². The maximum absolute atomic E-state index is 13.9. The first-order chi connectivity index (χ1) is 11.1. The predicted molar refractivity (Wildman–Crippen MR) is 79.0 cm³/mol. The van der Waals surface area contributed by atoms with Crippen LogP contribution in [0.4, 0.5) is 18.9 Å². The Bertz CT molecular complexity index is 991. The summed E-state index contributed by atoms with van der Waals surface area (Å²) in [5.41, 5.74) is 1.03. The molecule has 0 bridgehead atoms. The molecule has 7 heteroatoms. The van der Waals surface area contributed by atoms with E-state index in [4.69, 9.17) is 0 Å². The molecule has 0 saturated heterocycles. The van der Waals surface area contributed by atoms with Gasteiger partial charge in [-0.3, -0.25) is 9.89 Å². The van der Waals surface area contributed by atoms with E-state index >= 15 is 0 Å². The second-order valence-corrected chi connectivity index (χ2v) is 5.22. The van der Waals surface area contributed by atoms with Gasteiger partial charge in [0.25, 0.3) is 5.56 Å². The van der Waals surface area contributed by atoms with Gasteiger partial charge in [0.2, 0.25) is 0 Å². The summed E-state index contributed by atoms with van der Waals surface area (Å²) in [6, 6.07) is 7.86. The molecule has 4 rings (SSSR count). The topological polar surface area (TPSA) is 49.8 Å². The molecule has 0 aliphatic carbocycles. The van der Waals surface area contributed by atoms with Gasteiger partial charge in [-0.05, 0) is 18.2 Å². The molecule has 2 N–H and O–H groups in total. The first-order valence-corrected chi connectivity index (χ1v) is 6.88. The number of para-hydroxylation sites is 1. The van der Waals surface area contributed by atoms with Crippen molar-refractivity contribution in [2.75, 3.05) is 5.32 Å². The third-order valence-electron chi connectivity index (χ3n) is 3.87. The van der Waals surface area contributed by atoms with E-state index in [1.165, 1.54) is 18.2 Å². The Labute approximate surface area is 128 Å². The summed E-state index contributed by atoms with van der Waals surface area (Å²) in [5, 5.41) is 5.67. The largest absolute Gasteiger partial charge is 0.380 e. The Morgan fingerprint density at radius 3 is 2.52 bits per heavy atom. The zero-order chi connectivity index (χ0) is 16.1. The van der Waals surface area contributed by atoms with E-state index in [2.05, 4.69) is 10.4 Å². The zero-order valence-corrected chi connectivity index (χ0v) is 11.7. The molecule has 0 saturated carbocycles. The molecule has 23 heavy (non-hydrogen) atoms. The fraction of sp³-hybridized carbons (Fsp3) is 0.0625. The van der Waals surface area contributed by atoms with Crippen LogP contribution in [0.2, 0.25) is 0 Å². The van der Waals surface area contributed by atoms with Crippen LogP contribution in [0.25, 0.3) is 16.9 Å². The third kappa shape index (κ3) is 1.97. The Balaban J connectivity index is 1.97. The lowest BCUT2D eigenvalue weighted by molar-refractivity contribution is 0.509. The highest BCUT2D eigenvalue weighted by atomic mass is 19.2. The van der Waals surface area contributed by atoms with Crippen molar-refractivity contribution in [3.05, 3.63) is 69.8 Å². The highest BCUT2D eigenvalue weighted by molar-refractivity contribution is 5.80. The maximum atomic E-state index is 13.9. The molecule has 2 heterocycles. The smallest absolute Gasteiger partial charge is 0.276 e. The number of benzene rings is 2. The number of H-pyrrole nitrogens is 1. The van der Waals surface area contributed by atoms with E-state index in [-0.39, 0.29) is 12.2 Å². The molecule has 1 aromatic heterocycles. The minimum absolute atomic E-state index is 0.0658. The van der Waals surface area contributed by atoms with Gasteiger partial charge in [-0.25, -0.2) is 17.9 Å². The molecule has 116 valence electrons. The standard InChI is InChI=1S/C16H10F3N3O/c17-10-3-1-2-4-14(10)22-16(23)9-7-20-13-6-12(19)11(18)5-8(13)15(9)21-22/h1-6,20-21H,7H2. The zero-order valence-electron chi connectivity index (χ0n) is 11.7. The van der Waals surface area contributed by atoms with Crippen molar-refractivity contribution in [1.82, 2.24) is 9.78 Å². The predicted octanol–water partition coefficient (Wildman–Crippen LogP) is 3.18. The quantitative estimate of drug-likeness (QED) is 0.724. The molecule has 0 spiro atoms. The minimum Gasteiger partial charge on any atom is -0.380 e. The van der Waals surface area contributed by atoms with Crippen LogP contribution < -0.4 is 10.9 Å². The number of fused-ring (bicyclic) bond motifs is 3. The minimum atomic E-state index is -1.02. The Kier molecular flexibility index (Phi) is 2.84. The van der Waals surface area contributed by atoms with Crippen molar-refractivity contribution in [3.63, 3.8) is 0 Å². The van der Waals surface area contributed by atoms with Gasteiger partial charge in [0, 0.05) is 23.9 Å². The van der Waals surface area contributed by atoms with Crippen molar-refractivity contribution in [2.45, 2.75) is 6.54 Å². The molecule has 0 amide bonds. The normalized spacial score (nSPS) is 12.5. The van der Waals surface area contributed by atoms with Crippen LogP contribution in [-0.4, -0.2) is 9.78 Å². The molecular formula is C16H10F3N3O. The summed E-state index contributed by atoms with van der Waals surface area (Å²) in [5.74, 6) is -2.56. The third-order valence-corrected chi connectivity index (χ3v) is 3.87. The lowest BCUT2D eigenvalue weighted by Crippen LogP contribution is -2.20. The number of halogens is 3. The monoisotopic (exact) mass is 317 g/mol. The summed E-state index contributed by atoms with van der Waals surface area (Å²) in [4.78, 5) is 12.5. The van der Waals surface area contributed by atoms with Gasteiger partial charge >= 0.3 is 0 Å². The molecule has 0 fully saturated rings. The summed E-state index contributed by atoms with van der Waals surface area (Å²) >= 11 is 0. The van der Waals surface area contributed by atoms with Gasteiger partial charge in [-0.15, -0.1) is 0 Å². The first-order valence-electron chi connectivity index (χ1n) is 6.88. The number of anilines is 1. The Morgan fingerprint density at radius 2 is 1.74 bits per heavy atom. The summed E-state index contributed by atoms with van der Waals surface area (Å²) in [7, 11) is 0. The molecule has 0 radical (unpaired) electrons. The lowest BCUT2D eigenvalue weighted by atomic mass is 10.0. The van der Waals surface area contributed by atoms with E-state index in [0.717, 1.165) is 16.8 Å². The molecular weight excluding hydrogens is 307 g/mol. The molecule has 4 nitrogen and oxygen atoms in total. The summed E-state index contributed by atoms with van der Waals surface area (Å²) < 4.78 is 41.9. The number of hydrogen-bond donors (Lipinski definition) is 2. The second kappa shape index (κ2) is 4.77. The molecule has 0 atom stereocenters. The average Bonchev–Trinajstić information content (AvgIpc) is 2.87. The molecule has 0 unspecified atom stereocenters. The highest BCUT2D eigenvalue weighted by Crippen LogP contribution is 2.34. The number of rotatable bonds is 1. The van der Waals surface area contributed by atoms with E-state index in [1.807, 2.05) is 0 Å². The average molecular weight is 317 g/mol. The summed E-state index contributed by atoms with van der Waals surface area (Å²) in [6.07, 6.45) is 0. The molecule has 3 aromatic rings. The number of aromatic nitrogens is 2. The molecule has 2 aromatic carbocycles. The summed E-state index contributed by atoms with van der Waals surface area (Å²) in [6.45, 7) is 0.143. The van der Waals surface area contributed by atoms with E-state index < -0.39 is 23.0 Å². The fourth-order valence-electron chi connectivity index (χ4n) is 2.74. The van der Waals surface area contributed by atoms with Gasteiger partial charge < -0.3 is 5.32 Å². The Hall–Kier alpha value is -2.96. The van der Waals surface area contributed by atoms with Crippen LogP contribution in [0.15, 0.2) is 41.2 Å². The van der Waals surface area contributed by atoms with E-state index in [9.17, 15) is 18.0 Å². The fourth-order valence-corrected chi connectivity index (χ4v) is 2.74. The number of aromatic amines is 1. The van der Waals surface area contributed by atoms with E-state index in [1.54, 1.807) is 6.07 Å². The number of nitrogens with one attached hydrogen (secondary N) is 2. The highest BCUT2D eigenvalue weighted by Gasteiger charge is 2.25. The van der Waals surface area contributed by atoms with Gasteiger partial charge in [0.15, 0.2) is 11.6 Å². The van der Waals surface area contributed by atoms with Crippen molar-refractivity contribution in [1.29, 1.82) is 0 Å².